The van der Waals surface area contributed by atoms with Crippen LogP contribution in [0, 0.1) is 23.2 Å². The maximum Gasteiger partial charge on any atom is 0.0991 e. The molecule has 0 bridgehead atoms. The van der Waals surface area contributed by atoms with Gasteiger partial charge in [-0.25, -0.2) is 0 Å². The zero-order valence-corrected chi connectivity index (χ0v) is 9.74. The second-order valence-electron chi connectivity index (χ2n) is 5.63. The molecule has 1 unspecified atom stereocenters. The molecule has 2 aliphatic carbocycles. The fraction of sp³-hybridized carbons (Fsp3) is 0.533. The fourth-order valence-electron chi connectivity index (χ4n) is 3.50. The van der Waals surface area contributed by atoms with Crippen LogP contribution in [-0.4, -0.2) is 0 Å². The summed E-state index contributed by atoms with van der Waals surface area (Å²) in [5, 5.41) is 8.95. The Kier molecular flexibility index (Phi) is 2.07. The van der Waals surface area contributed by atoms with Gasteiger partial charge in [-0.2, -0.15) is 5.26 Å². The van der Waals surface area contributed by atoms with Gasteiger partial charge in [-0.15, -0.1) is 0 Å². The predicted molar refractivity (Wildman–Crippen MR) is 64.0 cm³/mol. The molecule has 1 nitrogen and oxygen atoms in total. The Bertz CT molecular complexity index is 457. The van der Waals surface area contributed by atoms with Crippen molar-refractivity contribution in [3.63, 3.8) is 0 Å². The summed E-state index contributed by atoms with van der Waals surface area (Å²) in [4.78, 5) is 0. The minimum Gasteiger partial charge on any atom is -0.192 e. The summed E-state index contributed by atoms with van der Waals surface area (Å²) >= 11 is 0. The molecule has 2 saturated carbocycles. The molecule has 0 heterocycles. The average molecular weight is 211 g/mol. The lowest BCUT2D eigenvalue weighted by Crippen LogP contribution is -2.18. The summed E-state index contributed by atoms with van der Waals surface area (Å²) in [5.74, 6) is 1.80. The van der Waals surface area contributed by atoms with E-state index < -0.39 is 0 Å². The number of nitrogens with zero attached hydrogens (tertiary/aromatic N) is 1. The average Bonchev–Trinajstić information content (AvgIpc) is 3.04. The normalized spacial score (nSPS) is 36.2. The molecule has 0 saturated heterocycles. The highest BCUT2D eigenvalue weighted by Crippen LogP contribution is 2.63. The Hall–Kier alpha value is -1.29. The standard InChI is InChI=1S/C15H17N/c1-11-5-6-15(9-14(15)7-11)13-4-2-3-12(8-13)10-16/h2-4,8,11,14H,5-7,9H2,1H3/t11-,14?,15-/m1/s1. The Morgan fingerprint density at radius 3 is 3.06 bits per heavy atom. The first kappa shape index (κ1) is 9.90. The molecule has 2 fully saturated rings. The maximum atomic E-state index is 8.95. The van der Waals surface area contributed by atoms with Gasteiger partial charge in [0.1, 0.15) is 0 Å². The van der Waals surface area contributed by atoms with Crippen molar-refractivity contribution in [1.29, 1.82) is 5.26 Å². The van der Waals surface area contributed by atoms with E-state index in [-0.39, 0.29) is 0 Å². The van der Waals surface area contributed by atoms with Crippen LogP contribution in [0.25, 0.3) is 0 Å². The van der Waals surface area contributed by atoms with Gasteiger partial charge >= 0.3 is 0 Å². The van der Waals surface area contributed by atoms with Gasteiger partial charge < -0.3 is 0 Å². The Labute approximate surface area is 97.1 Å². The van der Waals surface area contributed by atoms with Crippen LogP contribution in [0.5, 0.6) is 0 Å². The van der Waals surface area contributed by atoms with Gasteiger partial charge in [0.15, 0.2) is 0 Å². The highest BCUT2D eigenvalue weighted by atomic mass is 14.6. The molecule has 1 aromatic carbocycles. The van der Waals surface area contributed by atoms with Crippen LogP contribution in [0.2, 0.25) is 0 Å². The molecule has 0 spiro atoms. The van der Waals surface area contributed by atoms with Crippen molar-refractivity contribution >= 4 is 0 Å². The lowest BCUT2D eigenvalue weighted by Gasteiger charge is -2.26. The van der Waals surface area contributed by atoms with Gasteiger partial charge in [0, 0.05) is 0 Å². The second-order valence-corrected chi connectivity index (χ2v) is 5.63. The maximum absolute atomic E-state index is 8.95. The summed E-state index contributed by atoms with van der Waals surface area (Å²) in [6.07, 6.45) is 5.42. The van der Waals surface area contributed by atoms with Gasteiger partial charge in [-0.3, -0.25) is 0 Å². The molecule has 82 valence electrons. The molecular formula is C15H17N. The van der Waals surface area contributed by atoms with Crippen molar-refractivity contribution in [3.8, 4) is 6.07 Å². The molecule has 0 amide bonds. The molecule has 0 N–H and O–H groups in total. The van der Waals surface area contributed by atoms with E-state index in [0.29, 0.717) is 5.41 Å². The first-order valence-electron chi connectivity index (χ1n) is 6.25. The monoisotopic (exact) mass is 211 g/mol. The van der Waals surface area contributed by atoms with Gasteiger partial charge in [0.05, 0.1) is 11.6 Å². The molecule has 1 aromatic rings. The van der Waals surface area contributed by atoms with E-state index in [1.165, 1.54) is 31.2 Å². The second kappa shape index (κ2) is 3.35. The van der Waals surface area contributed by atoms with Crippen LogP contribution in [0.3, 0.4) is 0 Å². The van der Waals surface area contributed by atoms with E-state index in [1.807, 2.05) is 12.1 Å². The van der Waals surface area contributed by atoms with E-state index >= 15 is 0 Å². The third-order valence-electron chi connectivity index (χ3n) is 4.57. The topological polar surface area (TPSA) is 23.8 Å². The number of rotatable bonds is 1. The van der Waals surface area contributed by atoms with Crippen LogP contribution >= 0.6 is 0 Å². The van der Waals surface area contributed by atoms with Crippen LogP contribution in [0.15, 0.2) is 24.3 Å². The largest absolute Gasteiger partial charge is 0.192 e. The number of benzene rings is 1. The number of hydrogen-bond acceptors (Lipinski definition) is 1. The lowest BCUT2D eigenvalue weighted by molar-refractivity contribution is 0.337. The molecule has 2 aliphatic rings. The molecule has 0 radical (unpaired) electrons. The van der Waals surface area contributed by atoms with E-state index in [4.69, 9.17) is 5.26 Å². The van der Waals surface area contributed by atoms with E-state index in [9.17, 15) is 0 Å². The van der Waals surface area contributed by atoms with Crippen LogP contribution in [0.4, 0.5) is 0 Å². The Morgan fingerprint density at radius 2 is 2.31 bits per heavy atom. The fourth-order valence-corrected chi connectivity index (χ4v) is 3.50. The van der Waals surface area contributed by atoms with Crippen LogP contribution in [-0.2, 0) is 5.41 Å². The zero-order chi connectivity index (χ0) is 11.2. The van der Waals surface area contributed by atoms with Crippen molar-refractivity contribution in [2.24, 2.45) is 11.8 Å². The van der Waals surface area contributed by atoms with Gasteiger partial charge in [0.2, 0.25) is 0 Å². The smallest absolute Gasteiger partial charge is 0.0991 e. The summed E-state index contributed by atoms with van der Waals surface area (Å²) < 4.78 is 0. The summed E-state index contributed by atoms with van der Waals surface area (Å²) in [5.41, 5.74) is 2.69. The molecule has 16 heavy (non-hydrogen) atoms. The first-order valence-corrected chi connectivity index (χ1v) is 6.25. The van der Waals surface area contributed by atoms with Crippen LogP contribution < -0.4 is 0 Å². The van der Waals surface area contributed by atoms with E-state index in [1.54, 1.807) is 0 Å². The van der Waals surface area contributed by atoms with Crippen molar-refractivity contribution in [3.05, 3.63) is 35.4 Å². The Morgan fingerprint density at radius 1 is 1.44 bits per heavy atom. The number of fused-ring (bicyclic) bond motifs is 1. The number of nitriles is 1. The molecule has 3 rings (SSSR count). The summed E-state index contributed by atoms with van der Waals surface area (Å²) in [7, 11) is 0. The lowest BCUT2D eigenvalue weighted by atomic mass is 9.78. The third-order valence-corrected chi connectivity index (χ3v) is 4.57. The van der Waals surface area contributed by atoms with E-state index in [0.717, 1.165) is 17.4 Å². The highest BCUT2D eigenvalue weighted by Gasteiger charge is 2.56. The van der Waals surface area contributed by atoms with Gasteiger partial charge in [0.25, 0.3) is 0 Å². The molecule has 0 aliphatic heterocycles. The zero-order valence-electron chi connectivity index (χ0n) is 9.74. The Balaban J connectivity index is 1.91. The van der Waals surface area contributed by atoms with Gasteiger partial charge in [-0.1, -0.05) is 19.1 Å². The van der Waals surface area contributed by atoms with Crippen molar-refractivity contribution in [1.82, 2.24) is 0 Å². The van der Waals surface area contributed by atoms with Crippen molar-refractivity contribution in [2.75, 3.05) is 0 Å². The van der Waals surface area contributed by atoms with Gasteiger partial charge in [-0.05, 0) is 60.6 Å². The number of hydrogen-bond donors (Lipinski definition) is 0. The molecule has 0 aromatic heterocycles. The molecule has 3 atom stereocenters. The SMILES string of the molecule is C[C@@H]1CC[C@]2(c3cccc(C#N)c3)CC2C1. The third kappa shape index (κ3) is 1.37. The predicted octanol–water partition coefficient (Wildman–Crippen LogP) is 3.64. The highest BCUT2D eigenvalue weighted by molar-refractivity contribution is 5.41. The van der Waals surface area contributed by atoms with Crippen LogP contribution in [0.1, 0.15) is 43.7 Å². The summed E-state index contributed by atoms with van der Waals surface area (Å²) in [6, 6.07) is 10.5. The summed E-state index contributed by atoms with van der Waals surface area (Å²) in [6.45, 7) is 2.37. The minimum atomic E-state index is 0.458. The molecular weight excluding hydrogens is 194 g/mol. The first-order chi connectivity index (χ1) is 7.74. The van der Waals surface area contributed by atoms with Crippen molar-refractivity contribution in [2.45, 2.75) is 38.0 Å². The minimum absolute atomic E-state index is 0.458. The van der Waals surface area contributed by atoms with E-state index in [2.05, 4.69) is 25.1 Å². The molecule has 1 heteroatoms. The van der Waals surface area contributed by atoms with Crippen molar-refractivity contribution < 1.29 is 0 Å². The quantitative estimate of drug-likeness (QED) is 0.695.